The molecule has 1 unspecified atom stereocenters. The van der Waals surface area contributed by atoms with Crippen LogP contribution in [-0.2, 0) is 9.53 Å². The summed E-state index contributed by atoms with van der Waals surface area (Å²) in [5, 5.41) is 9.93. The minimum atomic E-state index is -0.443. The lowest BCUT2D eigenvalue weighted by molar-refractivity contribution is -0.145. The average Bonchev–Trinajstić information content (AvgIpc) is 2.45. The van der Waals surface area contributed by atoms with E-state index in [1.54, 1.807) is 26.1 Å². The lowest BCUT2D eigenvalue weighted by atomic mass is 10.1. The fraction of sp³-hybridized carbons (Fsp3) is 0.429. The van der Waals surface area contributed by atoms with E-state index in [9.17, 15) is 14.7 Å². The third-order valence-corrected chi connectivity index (χ3v) is 2.95. The molecule has 1 aromatic rings. The van der Waals surface area contributed by atoms with E-state index in [1.165, 1.54) is 25.2 Å². The Labute approximate surface area is 117 Å². The molecule has 1 rings (SSSR count). The van der Waals surface area contributed by atoms with Gasteiger partial charge in [-0.05, 0) is 12.1 Å². The summed E-state index contributed by atoms with van der Waals surface area (Å²) in [6, 6.07) is 4.67. The van der Waals surface area contributed by atoms with Crippen LogP contribution < -0.4 is 4.74 Å². The van der Waals surface area contributed by atoms with Gasteiger partial charge in [0.2, 0.25) is 0 Å². The number of esters is 1. The Hall–Kier alpha value is -2.24. The van der Waals surface area contributed by atoms with Gasteiger partial charge in [0.25, 0.3) is 5.91 Å². The van der Waals surface area contributed by atoms with Crippen LogP contribution in [0.5, 0.6) is 11.5 Å². The van der Waals surface area contributed by atoms with Crippen molar-refractivity contribution < 1.29 is 24.2 Å². The maximum Gasteiger partial charge on any atom is 0.310 e. The molecule has 0 saturated carbocycles. The minimum absolute atomic E-state index is 0.129. The first-order valence-electron chi connectivity index (χ1n) is 6.11. The fourth-order valence-electron chi connectivity index (χ4n) is 1.83. The standard InChI is InChI=1S/C14H19NO5/c1-9(14(18)20-4)8-15(2)13(17)10-6-5-7-11(19-3)12(10)16/h5-7,9,16H,8H2,1-4H3. The third-order valence-electron chi connectivity index (χ3n) is 2.95. The Morgan fingerprint density at radius 1 is 1.35 bits per heavy atom. The molecule has 0 heterocycles. The number of aromatic hydroxyl groups is 1. The van der Waals surface area contributed by atoms with Crippen molar-refractivity contribution in [1.82, 2.24) is 4.90 Å². The maximum absolute atomic E-state index is 12.2. The summed E-state index contributed by atoms with van der Waals surface area (Å²) in [5.74, 6) is -1.21. The van der Waals surface area contributed by atoms with Gasteiger partial charge < -0.3 is 19.5 Å². The smallest absolute Gasteiger partial charge is 0.310 e. The van der Waals surface area contributed by atoms with Gasteiger partial charge in [-0.15, -0.1) is 0 Å². The molecule has 1 amide bonds. The average molecular weight is 281 g/mol. The number of rotatable bonds is 5. The number of carbonyl (C=O) groups excluding carboxylic acids is 2. The molecule has 0 radical (unpaired) electrons. The molecule has 1 atom stereocenters. The van der Waals surface area contributed by atoms with Crippen LogP contribution in [0.15, 0.2) is 18.2 Å². The first-order valence-corrected chi connectivity index (χ1v) is 6.11. The van der Waals surface area contributed by atoms with Gasteiger partial charge in [-0.3, -0.25) is 9.59 Å². The minimum Gasteiger partial charge on any atom is -0.504 e. The van der Waals surface area contributed by atoms with Crippen LogP contribution >= 0.6 is 0 Å². The van der Waals surface area contributed by atoms with Gasteiger partial charge in [0.15, 0.2) is 11.5 Å². The quantitative estimate of drug-likeness (QED) is 0.823. The van der Waals surface area contributed by atoms with Crippen molar-refractivity contribution in [2.24, 2.45) is 5.92 Å². The molecule has 0 saturated heterocycles. The molecule has 1 N–H and O–H groups in total. The first kappa shape index (κ1) is 15.8. The van der Waals surface area contributed by atoms with Gasteiger partial charge in [-0.25, -0.2) is 0 Å². The number of phenols is 1. The highest BCUT2D eigenvalue weighted by atomic mass is 16.5. The van der Waals surface area contributed by atoms with E-state index in [4.69, 9.17) is 4.74 Å². The van der Waals surface area contributed by atoms with Gasteiger partial charge in [0.05, 0.1) is 25.7 Å². The van der Waals surface area contributed by atoms with E-state index in [-0.39, 0.29) is 29.6 Å². The Morgan fingerprint density at radius 2 is 2.00 bits per heavy atom. The summed E-state index contributed by atoms with van der Waals surface area (Å²) >= 11 is 0. The predicted octanol–water partition coefficient (Wildman–Crippen LogP) is 1.28. The van der Waals surface area contributed by atoms with Crippen molar-refractivity contribution in [2.45, 2.75) is 6.92 Å². The van der Waals surface area contributed by atoms with E-state index in [2.05, 4.69) is 4.74 Å². The van der Waals surface area contributed by atoms with Gasteiger partial charge in [-0.1, -0.05) is 13.0 Å². The van der Waals surface area contributed by atoms with Crippen molar-refractivity contribution in [3.8, 4) is 11.5 Å². The van der Waals surface area contributed by atoms with Gasteiger partial charge in [0.1, 0.15) is 0 Å². The summed E-state index contributed by atoms with van der Waals surface area (Å²) in [5.41, 5.74) is 0.129. The second-order valence-electron chi connectivity index (χ2n) is 4.47. The maximum atomic E-state index is 12.2. The van der Waals surface area contributed by atoms with Crippen LogP contribution in [0.3, 0.4) is 0 Å². The molecule has 0 aliphatic rings. The Bertz CT molecular complexity index is 500. The number of amides is 1. The number of phenolic OH excluding ortho intramolecular Hbond substituents is 1. The molecule has 110 valence electrons. The zero-order chi connectivity index (χ0) is 15.3. The Morgan fingerprint density at radius 3 is 2.55 bits per heavy atom. The predicted molar refractivity (Wildman–Crippen MR) is 72.8 cm³/mol. The molecule has 0 fully saturated rings. The number of hydrogen-bond acceptors (Lipinski definition) is 5. The number of nitrogens with zero attached hydrogens (tertiary/aromatic N) is 1. The van der Waals surface area contributed by atoms with Crippen molar-refractivity contribution >= 4 is 11.9 Å². The second-order valence-corrected chi connectivity index (χ2v) is 4.47. The molecule has 20 heavy (non-hydrogen) atoms. The number of carbonyl (C=O) groups is 2. The lowest BCUT2D eigenvalue weighted by Crippen LogP contribution is -2.34. The number of benzene rings is 1. The van der Waals surface area contributed by atoms with E-state index in [1.807, 2.05) is 0 Å². The zero-order valence-corrected chi connectivity index (χ0v) is 12.0. The monoisotopic (exact) mass is 281 g/mol. The molecule has 0 aromatic heterocycles. The third kappa shape index (κ3) is 3.40. The van der Waals surface area contributed by atoms with E-state index in [0.29, 0.717) is 0 Å². The van der Waals surface area contributed by atoms with Crippen molar-refractivity contribution in [3.05, 3.63) is 23.8 Å². The van der Waals surface area contributed by atoms with E-state index >= 15 is 0 Å². The fourth-order valence-corrected chi connectivity index (χ4v) is 1.83. The summed E-state index contributed by atoms with van der Waals surface area (Å²) in [4.78, 5) is 24.9. The summed E-state index contributed by atoms with van der Waals surface area (Å²) in [7, 11) is 4.27. The SMILES string of the molecule is COC(=O)C(C)CN(C)C(=O)c1cccc(OC)c1O. The highest BCUT2D eigenvalue weighted by Crippen LogP contribution is 2.30. The van der Waals surface area contributed by atoms with Crippen LogP contribution in [0.1, 0.15) is 17.3 Å². The van der Waals surface area contributed by atoms with Gasteiger partial charge in [-0.2, -0.15) is 0 Å². The normalized spacial score (nSPS) is 11.6. The molecular formula is C14H19NO5. The number of para-hydroxylation sites is 1. The molecular weight excluding hydrogens is 262 g/mol. The van der Waals surface area contributed by atoms with Crippen LogP contribution in [-0.4, -0.2) is 49.7 Å². The van der Waals surface area contributed by atoms with E-state index < -0.39 is 11.8 Å². The Kier molecular flexibility index (Phi) is 5.37. The molecule has 0 aliphatic carbocycles. The molecule has 1 aromatic carbocycles. The first-order chi connectivity index (χ1) is 9.42. The highest BCUT2D eigenvalue weighted by molar-refractivity contribution is 5.97. The van der Waals surface area contributed by atoms with E-state index in [0.717, 1.165) is 0 Å². The number of methoxy groups -OCH3 is 2. The zero-order valence-electron chi connectivity index (χ0n) is 12.0. The summed E-state index contributed by atoms with van der Waals surface area (Å²) < 4.78 is 9.57. The van der Waals surface area contributed by atoms with Crippen LogP contribution in [0.4, 0.5) is 0 Å². The van der Waals surface area contributed by atoms with Crippen LogP contribution in [0.25, 0.3) is 0 Å². The van der Waals surface area contributed by atoms with Crippen molar-refractivity contribution in [2.75, 3.05) is 27.8 Å². The lowest BCUT2D eigenvalue weighted by Gasteiger charge is -2.21. The van der Waals surface area contributed by atoms with Crippen molar-refractivity contribution in [1.29, 1.82) is 0 Å². The molecule has 6 nitrogen and oxygen atoms in total. The van der Waals surface area contributed by atoms with Crippen molar-refractivity contribution in [3.63, 3.8) is 0 Å². The summed E-state index contributed by atoms with van der Waals surface area (Å²) in [6.07, 6.45) is 0. The van der Waals surface area contributed by atoms with Gasteiger partial charge >= 0.3 is 5.97 Å². The molecule has 0 aliphatic heterocycles. The summed E-state index contributed by atoms with van der Waals surface area (Å²) in [6.45, 7) is 1.86. The van der Waals surface area contributed by atoms with Crippen LogP contribution in [0.2, 0.25) is 0 Å². The Balaban J connectivity index is 2.87. The molecule has 0 bridgehead atoms. The van der Waals surface area contributed by atoms with Gasteiger partial charge in [0, 0.05) is 13.6 Å². The van der Waals surface area contributed by atoms with Crippen LogP contribution in [0, 0.1) is 5.92 Å². The largest absolute Gasteiger partial charge is 0.504 e. The molecule has 6 heteroatoms. The topological polar surface area (TPSA) is 76.1 Å². The number of ether oxygens (including phenoxy) is 2. The number of hydrogen-bond donors (Lipinski definition) is 1. The second kappa shape index (κ2) is 6.79. The highest BCUT2D eigenvalue weighted by Gasteiger charge is 2.22. The molecule has 0 spiro atoms.